The number of rotatable bonds is 5. The van der Waals surface area contributed by atoms with E-state index in [4.69, 9.17) is 4.74 Å². The molecule has 0 spiro atoms. The molecule has 0 aliphatic heterocycles. The molecule has 0 heterocycles. The van der Waals surface area contributed by atoms with Crippen molar-refractivity contribution in [3.05, 3.63) is 29.8 Å². The minimum atomic E-state index is 0.597. The van der Waals surface area contributed by atoms with E-state index in [0.29, 0.717) is 5.92 Å². The second-order valence-corrected chi connectivity index (χ2v) is 3.93. The van der Waals surface area contributed by atoms with Crippen LogP contribution in [0, 0.1) is 0 Å². The highest BCUT2D eigenvalue weighted by Crippen LogP contribution is 2.18. The standard InChI is InChI=1S/C13H20O/c1-4-5-10-14-13-8-6-12(7-9-13)11(2)3/h6-9,11H,4-5,10H2,1-3H3. The first-order chi connectivity index (χ1) is 6.74. The van der Waals surface area contributed by atoms with Gasteiger partial charge in [-0.25, -0.2) is 0 Å². The quantitative estimate of drug-likeness (QED) is 0.641. The molecule has 14 heavy (non-hydrogen) atoms. The largest absolute Gasteiger partial charge is 0.494 e. The van der Waals surface area contributed by atoms with Crippen molar-refractivity contribution in [2.45, 2.75) is 39.5 Å². The summed E-state index contributed by atoms with van der Waals surface area (Å²) >= 11 is 0. The molecule has 0 saturated heterocycles. The predicted molar refractivity (Wildman–Crippen MR) is 60.9 cm³/mol. The van der Waals surface area contributed by atoms with Crippen LogP contribution in [-0.4, -0.2) is 6.61 Å². The van der Waals surface area contributed by atoms with Gasteiger partial charge in [-0.15, -0.1) is 0 Å². The van der Waals surface area contributed by atoms with Gasteiger partial charge in [-0.1, -0.05) is 39.3 Å². The predicted octanol–water partition coefficient (Wildman–Crippen LogP) is 3.99. The summed E-state index contributed by atoms with van der Waals surface area (Å²) in [5, 5.41) is 0. The Hall–Kier alpha value is -0.980. The minimum Gasteiger partial charge on any atom is -0.494 e. The second-order valence-electron chi connectivity index (χ2n) is 3.93. The third kappa shape index (κ3) is 3.41. The topological polar surface area (TPSA) is 9.23 Å². The van der Waals surface area contributed by atoms with Crippen LogP contribution in [0.2, 0.25) is 0 Å². The number of hydrogen-bond donors (Lipinski definition) is 0. The fourth-order valence-corrected chi connectivity index (χ4v) is 1.28. The van der Waals surface area contributed by atoms with Crippen LogP contribution in [0.3, 0.4) is 0 Å². The van der Waals surface area contributed by atoms with Crippen molar-refractivity contribution in [2.24, 2.45) is 0 Å². The van der Waals surface area contributed by atoms with Crippen LogP contribution in [-0.2, 0) is 0 Å². The van der Waals surface area contributed by atoms with Gasteiger partial charge >= 0.3 is 0 Å². The lowest BCUT2D eigenvalue weighted by Crippen LogP contribution is -1.96. The molecule has 0 aromatic heterocycles. The first-order valence-corrected chi connectivity index (χ1v) is 5.46. The zero-order valence-corrected chi connectivity index (χ0v) is 9.42. The maximum Gasteiger partial charge on any atom is 0.119 e. The first-order valence-electron chi connectivity index (χ1n) is 5.46. The van der Waals surface area contributed by atoms with Crippen LogP contribution in [0.5, 0.6) is 5.75 Å². The van der Waals surface area contributed by atoms with E-state index in [1.54, 1.807) is 0 Å². The molecule has 1 aromatic carbocycles. The average Bonchev–Trinajstić information content (AvgIpc) is 2.19. The van der Waals surface area contributed by atoms with Gasteiger partial charge in [0.1, 0.15) is 5.75 Å². The van der Waals surface area contributed by atoms with E-state index in [2.05, 4.69) is 45.0 Å². The van der Waals surface area contributed by atoms with E-state index in [1.807, 2.05) is 0 Å². The molecule has 0 aliphatic carbocycles. The fourth-order valence-electron chi connectivity index (χ4n) is 1.28. The highest BCUT2D eigenvalue weighted by Gasteiger charge is 1.98. The Balaban J connectivity index is 2.47. The SMILES string of the molecule is CCCCOc1ccc(C(C)C)cc1. The summed E-state index contributed by atoms with van der Waals surface area (Å²) in [5.41, 5.74) is 1.37. The number of hydrogen-bond acceptors (Lipinski definition) is 1. The van der Waals surface area contributed by atoms with Crippen LogP contribution in [0.25, 0.3) is 0 Å². The van der Waals surface area contributed by atoms with Gasteiger partial charge in [-0.05, 0) is 30.0 Å². The van der Waals surface area contributed by atoms with Crippen molar-refractivity contribution in [3.63, 3.8) is 0 Å². The van der Waals surface area contributed by atoms with Crippen LogP contribution < -0.4 is 4.74 Å². The zero-order chi connectivity index (χ0) is 10.4. The molecule has 0 saturated carbocycles. The molecule has 78 valence electrons. The minimum absolute atomic E-state index is 0.597. The third-order valence-corrected chi connectivity index (χ3v) is 2.31. The lowest BCUT2D eigenvalue weighted by Gasteiger charge is -2.08. The highest BCUT2D eigenvalue weighted by atomic mass is 16.5. The molecule has 0 unspecified atom stereocenters. The molecule has 0 atom stereocenters. The molecule has 0 N–H and O–H groups in total. The summed E-state index contributed by atoms with van der Waals surface area (Å²) in [4.78, 5) is 0. The second kappa shape index (κ2) is 5.69. The molecule has 1 rings (SSSR count). The summed E-state index contributed by atoms with van der Waals surface area (Å²) in [6, 6.07) is 8.41. The van der Waals surface area contributed by atoms with Crippen molar-refractivity contribution in [1.29, 1.82) is 0 Å². The van der Waals surface area contributed by atoms with E-state index in [9.17, 15) is 0 Å². The monoisotopic (exact) mass is 192 g/mol. The first kappa shape index (κ1) is 11.1. The van der Waals surface area contributed by atoms with Gasteiger partial charge in [0.05, 0.1) is 6.61 Å². The molecule has 1 heteroatoms. The Kier molecular flexibility index (Phi) is 4.51. The van der Waals surface area contributed by atoms with Gasteiger partial charge in [0.2, 0.25) is 0 Å². The molecule has 0 bridgehead atoms. The lowest BCUT2D eigenvalue weighted by molar-refractivity contribution is 0.309. The molecular formula is C13H20O. The molecule has 0 radical (unpaired) electrons. The van der Waals surface area contributed by atoms with Crippen molar-refractivity contribution < 1.29 is 4.74 Å². The van der Waals surface area contributed by atoms with E-state index >= 15 is 0 Å². The summed E-state index contributed by atoms with van der Waals surface area (Å²) in [6.45, 7) is 7.41. The van der Waals surface area contributed by atoms with Gasteiger partial charge in [-0.3, -0.25) is 0 Å². The maximum absolute atomic E-state index is 5.58. The summed E-state index contributed by atoms with van der Waals surface area (Å²) in [5.74, 6) is 1.59. The Morgan fingerprint density at radius 3 is 2.29 bits per heavy atom. The summed E-state index contributed by atoms with van der Waals surface area (Å²) in [7, 11) is 0. The van der Waals surface area contributed by atoms with Crippen LogP contribution in [0.1, 0.15) is 45.1 Å². The third-order valence-electron chi connectivity index (χ3n) is 2.31. The normalized spacial score (nSPS) is 10.6. The van der Waals surface area contributed by atoms with E-state index in [1.165, 1.54) is 12.0 Å². The Labute approximate surface area is 87.1 Å². The highest BCUT2D eigenvalue weighted by molar-refractivity contribution is 5.28. The molecular weight excluding hydrogens is 172 g/mol. The molecule has 1 aromatic rings. The molecule has 0 fully saturated rings. The van der Waals surface area contributed by atoms with E-state index < -0.39 is 0 Å². The summed E-state index contributed by atoms with van der Waals surface area (Å²) < 4.78 is 5.58. The Morgan fingerprint density at radius 2 is 1.79 bits per heavy atom. The molecule has 1 nitrogen and oxygen atoms in total. The van der Waals surface area contributed by atoms with Gasteiger partial charge in [0.15, 0.2) is 0 Å². The van der Waals surface area contributed by atoms with Crippen LogP contribution in [0.4, 0.5) is 0 Å². The molecule has 0 amide bonds. The van der Waals surface area contributed by atoms with Crippen molar-refractivity contribution in [2.75, 3.05) is 6.61 Å². The van der Waals surface area contributed by atoms with Crippen molar-refractivity contribution in [1.82, 2.24) is 0 Å². The van der Waals surface area contributed by atoms with Gasteiger partial charge in [0.25, 0.3) is 0 Å². The number of ether oxygens (including phenoxy) is 1. The van der Waals surface area contributed by atoms with Crippen molar-refractivity contribution in [3.8, 4) is 5.75 Å². The van der Waals surface area contributed by atoms with Crippen molar-refractivity contribution >= 4 is 0 Å². The van der Waals surface area contributed by atoms with Crippen LogP contribution in [0.15, 0.2) is 24.3 Å². The number of benzene rings is 1. The van der Waals surface area contributed by atoms with Gasteiger partial charge < -0.3 is 4.74 Å². The van der Waals surface area contributed by atoms with E-state index in [0.717, 1.165) is 18.8 Å². The fraction of sp³-hybridized carbons (Fsp3) is 0.538. The van der Waals surface area contributed by atoms with Gasteiger partial charge in [-0.2, -0.15) is 0 Å². The summed E-state index contributed by atoms with van der Waals surface area (Å²) in [6.07, 6.45) is 2.32. The Bertz CT molecular complexity index is 248. The average molecular weight is 192 g/mol. The zero-order valence-electron chi connectivity index (χ0n) is 9.42. The lowest BCUT2D eigenvalue weighted by atomic mass is 10.0. The Morgan fingerprint density at radius 1 is 1.14 bits per heavy atom. The molecule has 0 aliphatic rings. The maximum atomic E-state index is 5.58. The van der Waals surface area contributed by atoms with Gasteiger partial charge in [0, 0.05) is 0 Å². The number of unbranched alkanes of at least 4 members (excludes halogenated alkanes) is 1. The van der Waals surface area contributed by atoms with E-state index in [-0.39, 0.29) is 0 Å². The van der Waals surface area contributed by atoms with Crippen LogP contribution >= 0.6 is 0 Å². The smallest absolute Gasteiger partial charge is 0.119 e.